The summed E-state index contributed by atoms with van der Waals surface area (Å²) in [5, 5.41) is 13.3. The molecule has 0 saturated carbocycles. The van der Waals surface area contributed by atoms with Crippen LogP contribution in [0.15, 0.2) is 35.3 Å². The standard InChI is InChI=1S/C17H14F3NO.C5H9N3/c1-2-17(22)21-8-11-4-3-10(5-12(11)9-21)13-6-15(19)16(20)7-14(13)18;1-2-3-8-5(7)4-6/h3-7H,2,8-9H2,1H3;3-4,6-7H,2H2,1H3. The number of hydrogen-bond acceptors (Lipinski definition) is 3. The van der Waals surface area contributed by atoms with Crippen LogP contribution < -0.4 is 0 Å². The van der Waals surface area contributed by atoms with Gasteiger partial charge in [-0.1, -0.05) is 26.0 Å². The summed E-state index contributed by atoms with van der Waals surface area (Å²) in [5.41, 5.74) is 2.39. The number of carbonyl (C=O) groups excluding carboxylic acids is 1. The Morgan fingerprint density at radius 1 is 1.07 bits per heavy atom. The summed E-state index contributed by atoms with van der Waals surface area (Å²) in [4.78, 5) is 17.0. The molecule has 0 aliphatic carbocycles. The fourth-order valence-corrected chi connectivity index (χ4v) is 2.93. The lowest BCUT2D eigenvalue weighted by Crippen LogP contribution is -2.23. The van der Waals surface area contributed by atoms with Gasteiger partial charge in [-0.25, -0.2) is 18.2 Å². The monoisotopic (exact) mass is 416 g/mol. The van der Waals surface area contributed by atoms with Crippen LogP contribution in [0.2, 0.25) is 0 Å². The summed E-state index contributed by atoms with van der Waals surface area (Å²) in [7, 11) is 0. The minimum Gasteiger partial charge on any atom is -0.334 e. The summed E-state index contributed by atoms with van der Waals surface area (Å²) >= 11 is 0. The Hall–Kier alpha value is -3.29. The van der Waals surface area contributed by atoms with Gasteiger partial charge in [0.05, 0.1) is 6.21 Å². The molecule has 0 fully saturated rings. The molecule has 1 amide bonds. The van der Waals surface area contributed by atoms with Gasteiger partial charge in [0, 0.05) is 37.4 Å². The zero-order valence-corrected chi connectivity index (χ0v) is 16.8. The molecule has 8 heteroatoms. The fraction of sp³-hybridized carbons (Fsp3) is 0.273. The Bertz CT molecular complexity index is 989. The SMILES string of the molecule is CCC(=O)N1Cc2ccc(-c3cc(F)c(F)cc3F)cc2C1.CCC=NC(=N)C=N. The highest BCUT2D eigenvalue weighted by molar-refractivity contribution is 6.28. The van der Waals surface area contributed by atoms with Crippen molar-refractivity contribution >= 4 is 24.2 Å². The first-order valence-corrected chi connectivity index (χ1v) is 9.46. The summed E-state index contributed by atoms with van der Waals surface area (Å²) in [6.07, 6.45) is 3.76. The van der Waals surface area contributed by atoms with Gasteiger partial charge in [-0.2, -0.15) is 0 Å². The van der Waals surface area contributed by atoms with Crippen LogP contribution >= 0.6 is 0 Å². The van der Waals surface area contributed by atoms with E-state index in [1.54, 1.807) is 36.2 Å². The third-order valence-corrected chi connectivity index (χ3v) is 4.45. The Labute approximate surface area is 173 Å². The summed E-state index contributed by atoms with van der Waals surface area (Å²) in [6, 6.07) is 6.60. The van der Waals surface area contributed by atoms with Gasteiger partial charge >= 0.3 is 0 Å². The van der Waals surface area contributed by atoms with Crippen LogP contribution in [0.1, 0.15) is 37.8 Å². The van der Waals surface area contributed by atoms with Gasteiger partial charge < -0.3 is 10.3 Å². The molecule has 0 spiro atoms. The molecular formula is C22H23F3N4O. The minimum atomic E-state index is -1.21. The van der Waals surface area contributed by atoms with Gasteiger partial charge in [0.15, 0.2) is 17.5 Å². The molecule has 1 aliphatic rings. The number of benzene rings is 2. The maximum atomic E-state index is 13.9. The largest absolute Gasteiger partial charge is 0.334 e. The molecule has 0 aromatic heterocycles. The molecule has 158 valence electrons. The van der Waals surface area contributed by atoms with E-state index in [0.717, 1.165) is 29.8 Å². The zero-order chi connectivity index (χ0) is 22.3. The van der Waals surface area contributed by atoms with E-state index in [4.69, 9.17) is 10.8 Å². The van der Waals surface area contributed by atoms with Crippen molar-refractivity contribution in [2.45, 2.75) is 39.8 Å². The fourth-order valence-electron chi connectivity index (χ4n) is 2.93. The number of nitrogens with one attached hydrogen (secondary N) is 2. The number of rotatable bonds is 4. The van der Waals surface area contributed by atoms with Crippen molar-refractivity contribution in [2.75, 3.05) is 0 Å². The number of halogens is 3. The van der Waals surface area contributed by atoms with Gasteiger partial charge in [0.25, 0.3) is 0 Å². The molecule has 30 heavy (non-hydrogen) atoms. The molecule has 5 nitrogen and oxygen atoms in total. The first-order chi connectivity index (χ1) is 14.3. The molecule has 0 bridgehead atoms. The molecule has 0 radical (unpaired) electrons. The first-order valence-electron chi connectivity index (χ1n) is 9.46. The van der Waals surface area contributed by atoms with Crippen molar-refractivity contribution in [3.63, 3.8) is 0 Å². The van der Waals surface area contributed by atoms with Crippen LogP contribution in [0.5, 0.6) is 0 Å². The molecule has 0 unspecified atom stereocenters. The maximum Gasteiger partial charge on any atom is 0.222 e. The van der Waals surface area contributed by atoms with Crippen LogP contribution in [0.3, 0.4) is 0 Å². The first kappa shape index (κ1) is 23.0. The molecule has 1 aliphatic heterocycles. The number of aliphatic imine (C=N–C) groups is 1. The molecule has 0 saturated heterocycles. The van der Waals surface area contributed by atoms with Crippen molar-refractivity contribution in [1.82, 2.24) is 4.90 Å². The third-order valence-electron chi connectivity index (χ3n) is 4.45. The highest BCUT2D eigenvalue weighted by Crippen LogP contribution is 2.31. The number of nitrogens with zero attached hydrogens (tertiary/aromatic N) is 2. The quantitative estimate of drug-likeness (QED) is 0.405. The van der Waals surface area contributed by atoms with Crippen LogP contribution in [0.25, 0.3) is 11.1 Å². The number of hydrogen-bond donors (Lipinski definition) is 2. The topological polar surface area (TPSA) is 80.4 Å². The van der Waals surface area contributed by atoms with Gasteiger partial charge in [-0.15, -0.1) is 0 Å². The van der Waals surface area contributed by atoms with Gasteiger partial charge in [0.1, 0.15) is 5.82 Å². The minimum absolute atomic E-state index is 0.00634. The second-order valence-electron chi connectivity index (χ2n) is 6.58. The molecule has 1 heterocycles. The lowest BCUT2D eigenvalue weighted by atomic mass is 10.00. The Morgan fingerprint density at radius 2 is 1.73 bits per heavy atom. The van der Waals surface area contributed by atoms with Gasteiger partial charge in [-0.05, 0) is 35.2 Å². The van der Waals surface area contributed by atoms with Crippen molar-refractivity contribution in [3.8, 4) is 11.1 Å². The second-order valence-corrected chi connectivity index (χ2v) is 6.58. The zero-order valence-electron chi connectivity index (χ0n) is 16.8. The molecule has 0 atom stereocenters. The predicted molar refractivity (Wildman–Crippen MR) is 112 cm³/mol. The lowest BCUT2D eigenvalue weighted by molar-refractivity contribution is -0.131. The number of amides is 1. The second kappa shape index (κ2) is 10.5. The summed E-state index contributed by atoms with van der Waals surface area (Å²) < 4.78 is 40.2. The van der Waals surface area contributed by atoms with E-state index in [1.165, 1.54) is 0 Å². The number of fused-ring (bicyclic) bond motifs is 1. The average Bonchev–Trinajstić information content (AvgIpc) is 3.17. The Kier molecular flexibility index (Phi) is 8.03. The molecule has 2 aromatic rings. The highest BCUT2D eigenvalue weighted by atomic mass is 19.2. The van der Waals surface area contributed by atoms with Gasteiger partial charge in [-0.3, -0.25) is 10.2 Å². The van der Waals surface area contributed by atoms with Crippen molar-refractivity contribution in [3.05, 3.63) is 58.9 Å². The third kappa shape index (κ3) is 5.62. The number of carbonyl (C=O) groups is 1. The smallest absolute Gasteiger partial charge is 0.222 e. The van der Waals surface area contributed by atoms with E-state index in [0.29, 0.717) is 31.1 Å². The molecule has 2 N–H and O–H groups in total. The maximum absolute atomic E-state index is 13.9. The van der Waals surface area contributed by atoms with E-state index < -0.39 is 17.5 Å². The molecular weight excluding hydrogens is 393 g/mol. The molecule has 3 rings (SSSR count). The predicted octanol–water partition coefficient (Wildman–Crippen LogP) is 5.12. The van der Waals surface area contributed by atoms with Crippen LogP contribution in [0, 0.1) is 28.3 Å². The molecule has 2 aromatic carbocycles. The van der Waals surface area contributed by atoms with Gasteiger partial charge in [0.2, 0.25) is 5.91 Å². The Balaban J connectivity index is 0.000000343. The van der Waals surface area contributed by atoms with Crippen LogP contribution in [0.4, 0.5) is 13.2 Å². The van der Waals surface area contributed by atoms with Crippen LogP contribution in [-0.4, -0.2) is 29.1 Å². The van der Waals surface area contributed by atoms with E-state index in [2.05, 4.69) is 4.99 Å². The average molecular weight is 416 g/mol. The summed E-state index contributed by atoms with van der Waals surface area (Å²) in [6.45, 7) is 4.72. The van der Waals surface area contributed by atoms with Crippen LogP contribution in [-0.2, 0) is 17.9 Å². The van der Waals surface area contributed by atoms with Crippen molar-refractivity contribution < 1.29 is 18.0 Å². The Morgan fingerprint density at radius 3 is 2.37 bits per heavy atom. The van der Waals surface area contributed by atoms with Crippen molar-refractivity contribution in [2.24, 2.45) is 4.99 Å². The van der Waals surface area contributed by atoms with E-state index in [9.17, 15) is 18.0 Å². The number of amidine groups is 1. The highest BCUT2D eigenvalue weighted by Gasteiger charge is 2.23. The van der Waals surface area contributed by atoms with E-state index >= 15 is 0 Å². The van der Waals surface area contributed by atoms with Crippen molar-refractivity contribution in [1.29, 1.82) is 10.8 Å². The lowest BCUT2D eigenvalue weighted by Gasteiger charge is -2.13. The van der Waals surface area contributed by atoms with E-state index in [-0.39, 0.29) is 17.3 Å². The van der Waals surface area contributed by atoms with E-state index in [1.807, 2.05) is 6.92 Å². The normalized spacial score (nSPS) is 12.4. The summed E-state index contributed by atoms with van der Waals surface area (Å²) in [5.74, 6) is -3.04.